The summed E-state index contributed by atoms with van der Waals surface area (Å²) in [5.74, 6) is -1.06. The predicted octanol–water partition coefficient (Wildman–Crippen LogP) is 13.2. The molecule has 0 aliphatic heterocycles. The summed E-state index contributed by atoms with van der Waals surface area (Å²) in [5.41, 5.74) is 0. The van der Waals surface area contributed by atoms with Crippen LogP contribution in [0.1, 0.15) is 194 Å². The van der Waals surface area contributed by atoms with Crippen LogP contribution < -0.4 is 0 Å². The number of allylic oxidation sites excluding steroid dienone is 12. The van der Waals surface area contributed by atoms with Gasteiger partial charge in [0.05, 0.1) is 26.4 Å². The van der Waals surface area contributed by atoms with Gasteiger partial charge in [0.25, 0.3) is 0 Å². The average molecular weight is 879 g/mol. The van der Waals surface area contributed by atoms with Crippen molar-refractivity contribution in [2.75, 3.05) is 26.4 Å². The van der Waals surface area contributed by atoms with E-state index < -0.39 is 58.4 Å². The molecule has 0 amide bonds. The highest BCUT2D eigenvalue weighted by Crippen LogP contribution is 2.43. The van der Waals surface area contributed by atoms with Gasteiger partial charge in [0.2, 0.25) is 0 Å². The van der Waals surface area contributed by atoms with Crippen LogP contribution in [0.3, 0.4) is 0 Å². The van der Waals surface area contributed by atoms with E-state index in [4.69, 9.17) is 18.5 Å². The third kappa shape index (κ3) is 43.8. The minimum Gasteiger partial charge on any atom is -0.457 e. The Morgan fingerprint density at radius 3 is 1.15 bits per heavy atom. The number of phosphoric acid groups is 1. The highest BCUT2D eigenvalue weighted by molar-refractivity contribution is 7.47. The first-order valence-corrected chi connectivity index (χ1v) is 25.4. The number of hydrogen-bond acceptors (Lipinski definition) is 9. The lowest BCUT2D eigenvalue weighted by molar-refractivity contribution is -0.153. The fourth-order valence-electron chi connectivity index (χ4n) is 6.25. The molecule has 0 heterocycles. The van der Waals surface area contributed by atoms with Crippen molar-refractivity contribution in [3.05, 3.63) is 72.9 Å². The highest BCUT2D eigenvalue weighted by atomic mass is 31.2. The first kappa shape index (κ1) is 58.4. The van der Waals surface area contributed by atoms with E-state index >= 15 is 0 Å². The van der Waals surface area contributed by atoms with Gasteiger partial charge in [-0.3, -0.25) is 18.6 Å². The quantitative estimate of drug-likeness (QED) is 0.0234. The lowest BCUT2D eigenvalue weighted by Gasteiger charge is -2.20. The molecule has 0 fully saturated rings. The maximum atomic E-state index is 12.4. The van der Waals surface area contributed by atoms with Crippen LogP contribution in [0.25, 0.3) is 0 Å². The van der Waals surface area contributed by atoms with Crippen LogP contribution >= 0.6 is 7.82 Å². The molecule has 3 N–H and O–H groups in total. The van der Waals surface area contributed by atoms with E-state index in [1.165, 1.54) is 83.5 Å². The average Bonchev–Trinajstić information content (AvgIpc) is 3.25. The molecule has 0 bridgehead atoms. The Bertz CT molecular complexity index is 1240. The van der Waals surface area contributed by atoms with E-state index in [-0.39, 0.29) is 12.8 Å². The van der Waals surface area contributed by atoms with E-state index in [1.54, 1.807) is 0 Å². The number of ether oxygens (including phenoxy) is 2. The summed E-state index contributed by atoms with van der Waals surface area (Å²) in [4.78, 5) is 34.6. The lowest BCUT2D eigenvalue weighted by atomic mass is 10.1. The van der Waals surface area contributed by atoms with E-state index in [0.717, 1.165) is 70.6 Å². The normalized spacial score (nSPS) is 14.4. The third-order valence-electron chi connectivity index (χ3n) is 9.90. The fourth-order valence-corrected chi connectivity index (χ4v) is 7.04. The second kappa shape index (κ2) is 45.4. The van der Waals surface area contributed by atoms with E-state index in [9.17, 15) is 29.3 Å². The van der Waals surface area contributed by atoms with Gasteiger partial charge in [0.15, 0.2) is 0 Å². The Labute approximate surface area is 371 Å². The van der Waals surface area contributed by atoms with Crippen LogP contribution in [0.2, 0.25) is 0 Å². The molecule has 0 aromatic carbocycles. The molecule has 61 heavy (non-hydrogen) atoms. The van der Waals surface area contributed by atoms with E-state index in [1.807, 2.05) is 0 Å². The van der Waals surface area contributed by atoms with Crippen molar-refractivity contribution in [1.29, 1.82) is 0 Å². The number of carbonyl (C=O) groups is 2. The van der Waals surface area contributed by atoms with Crippen LogP contribution in [0.4, 0.5) is 0 Å². The molecule has 3 atom stereocenters. The molecule has 0 spiro atoms. The topological polar surface area (TPSA) is 149 Å². The summed E-state index contributed by atoms with van der Waals surface area (Å²) in [6, 6.07) is 0. The smallest absolute Gasteiger partial charge is 0.457 e. The summed E-state index contributed by atoms with van der Waals surface area (Å²) >= 11 is 0. The third-order valence-corrected chi connectivity index (χ3v) is 10.9. The zero-order chi connectivity index (χ0) is 44.8. The van der Waals surface area contributed by atoms with Gasteiger partial charge < -0.3 is 24.6 Å². The molecule has 0 radical (unpaired) electrons. The van der Waals surface area contributed by atoms with Crippen molar-refractivity contribution in [3.63, 3.8) is 0 Å². The molecule has 10 nitrogen and oxygen atoms in total. The van der Waals surface area contributed by atoms with Gasteiger partial charge in [-0.1, -0.05) is 170 Å². The highest BCUT2D eigenvalue weighted by Gasteiger charge is 2.27. The van der Waals surface area contributed by atoms with Gasteiger partial charge in [0.1, 0.15) is 12.2 Å². The first-order valence-electron chi connectivity index (χ1n) is 23.9. The summed E-state index contributed by atoms with van der Waals surface area (Å²) < 4.78 is 32.6. The number of carbonyl (C=O) groups excluding carboxylic acids is 2. The van der Waals surface area contributed by atoms with Gasteiger partial charge in [-0.15, -0.1) is 0 Å². The molecular formula is C50H87O10P. The van der Waals surface area contributed by atoms with Crippen molar-refractivity contribution in [2.45, 2.75) is 206 Å². The molecule has 0 aliphatic rings. The molecule has 0 aromatic rings. The van der Waals surface area contributed by atoms with Crippen LogP contribution in [0.15, 0.2) is 72.9 Å². The molecule has 3 unspecified atom stereocenters. The van der Waals surface area contributed by atoms with Gasteiger partial charge in [-0.25, -0.2) is 4.57 Å². The predicted molar refractivity (Wildman–Crippen MR) is 251 cm³/mol. The number of hydrogen-bond donors (Lipinski definition) is 3. The summed E-state index contributed by atoms with van der Waals surface area (Å²) in [6.07, 6.45) is 53.0. The van der Waals surface area contributed by atoms with Gasteiger partial charge >= 0.3 is 19.8 Å². The molecule has 0 saturated carbocycles. The molecular weight excluding hydrogens is 792 g/mol. The number of phosphoric ester groups is 1. The molecule has 0 saturated heterocycles. The molecule has 352 valence electrons. The zero-order valence-electron chi connectivity index (χ0n) is 38.4. The van der Waals surface area contributed by atoms with Crippen molar-refractivity contribution in [3.8, 4) is 0 Å². The minimum absolute atomic E-state index is 0.150. The van der Waals surface area contributed by atoms with Gasteiger partial charge in [-0.05, 0) is 83.5 Å². The molecule has 0 rings (SSSR count). The second-order valence-corrected chi connectivity index (χ2v) is 17.2. The maximum absolute atomic E-state index is 12.4. The maximum Gasteiger partial charge on any atom is 0.472 e. The molecule has 0 aromatic heterocycles. The first-order chi connectivity index (χ1) is 29.8. The largest absolute Gasteiger partial charge is 0.472 e. The minimum atomic E-state index is -4.65. The number of esters is 2. The lowest BCUT2D eigenvalue weighted by Crippen LogP contribution is -2.28. The van der Waals surface area contributed by atoms with Crippen LogP contribution in [0, 0.1) is 0 Å². The van der Waals surface area contributed by atoms with Crippen molar-refractivity contribution < 1.29 is 47.8 Å². The van der Waals surface area contributed by atoms with Crippen LogP contribution in [0.5, 0.6) is 0 Å². The van der Waals surface area contributed by atoms with E-state index in [0.29, 0.717) is 12.8 Å². The van der Waals surface area contributed by atoms with Crippen molar-refractivity contribution >= 4 is 19.8 Å². The molecule has 0 aliphatic carbocycles. The summed E-state index contributed by atoms with van der Waals surface area (Å²) in [6.45, 7) is 2.06. The van der Waals surface area contributed by atoms with Crippen molar-refractivity contribution in [1.82, 2.24) is 0 Å². The molecule has 11 heteroatoms. The Morgan fingerprint density at radius 2 is 0.770 bits per heavy atom. The number of aliphatic hydroxyl groups is 2. The van der Waals surface area contributed by atoms with Gasteiger partial charge in [-0.2, -0.15) is 0 Å². The second-order valence-electron chi connectivity index (χ2n) is 15.7. The Balaban J connectivity index is 3.94. The van der Waals surface area contributed by atoms with Crippen LogP contribution in [-0.2, 0) is 32.7 Å². The number of rotatable bonds is 44. The van der Waals surface area contributed by atoms with Crippen LogP contribution in [-0.4, -0.2) is 65.7 Å². The van der Waals surface area contributed by atoms with Gasteiger partial charge in [0, 0.05) is 12.8 Å². The summed E-state index contributed by atoms with van der Waals surface area (Å²) in [5, 5.41) is 19.2. The SMILES string of the molecule is CC/C=C\C/C=C\C/C=C\C/C=C\C/C=C\CCCCCC(=O)OC(CO)COP(=O)(O)OCC(CO)OC(=O)CCCCCCCCCCC/C=C\CCCCCCCC. The van der Waals surface area contributed by atoms with E-state index in [2.05, 4.69) is 86.8 Å². The standard InChI is InChI=1S/C50H87O10P/c1-3-5-7-9-11-13-15-17-19-21-23-25-27-29-31-33-35-37-39-41-49(53)59-47(43-51)45-57-61(55,56)58-46-48(44-52)60-50(54)42-40-38-36-34-32-30-28-26-24-22-20-18-16-14-12-10-8-6-4-2/h5,7,11,13,17-20,23,25,29,31,47-48,51-52H,3-4,6,8-10,12,14-16,21-22,24,26-28,30,32-46H2,1-2H3,(H,55,56)/b7-5-,13-11-,19-17-,20-18-,25-23-,31-29-. The number of unbranched alkanes of at least 4 members (excludes halogenated alkanes) is 18. The van der Waals surface area contributed by atoms with Crippen molar-refractivity contribution in [2.24, 2.45) is 0 Å². The monoisotopic (exact) mass is 879 g/mol. The Hall–Kier alpha value is -2.59. The number of aliphatic hydroxyl groups excluding tert-OH is 2. The summed E-state index contributed by atoms with van der Waals surface area (Å²) in [7, 11) is -4.65. The Kier molecular flexibility index (Phi) is 43.5. The zero-order valence-corrected chi connectivity index (χ0v) is 39.3. The Morgan fingerprint density at radius 1 is 0.459 bits per heavy atom. The fraction of sp³-hybridized carbons (Fsp3) is 0.720.